The normalized spacial score (nSPS) is 12.2. The molecule has 1 unspecified atom stereocenters. The molecular formula is C15H18BrN3O. The van der Waals surface area contributed by atoms with Crippen LogP contribution in [0.4, 0.5) is 0 Å². The van der Waals surface area contributed by atoms with Gasteiger partial charge in [0.05, 0.1) is 7.11 Å². The number of pyridine rings is 1. The molecule has 0 fully saturated rings. The van der Waals surface area contributed by atoms with Crippen LogP contribution in [0.25, 0.3) is 0 Å². The maximum atomic E-state index is 5.67. The molecule has 0 aliphatic heterocycles. The number of halogens is 1. The molecule has 0 saturated heterocycles. The predicted octanol–water partition coefficient (Wildman–Crippen LogP) is 2.47. The highest BCUT2D eigenvalue weighted by Gasteiger charge is 2.12. The van der Waals surface area contributed by atoms with Gasteiger partial charge in [-0.15, -0.1) is 0 Å². The summed E-state index contributed by atoms with van der Waals surface area (Å²) in [6.07, 6.45) is 5.27. The Morgan fingerprint density at radius 3 is 2.85 bits per heavy atom. The van der Waals surface area contributed by atoms with Gasteiger partial charge in [-0.25, -0.2) is 0 Å². The number of aromatic nitrogens is 1. The van der Waals surface area contributed by atoms with Gasteiger partial charge in [0.2, 0.25) is 0 Å². The van der Waals surface area contributed by atoms with E-state index in [1.165, 1.54) is 0 Å². The largest absolute Gasteiger partial charge is 0.497 e. The van der Waals surface area contributed by atoms with E-state index < -0.39 is 0 Å². The Morgan fingerprint density at radius 1 is 1.35 bits per heavy atom. The summed E-state index contributed by atoms with van der Waals surface area (Å²) in [5.74, 6) is 6.52. The van der Waals surface area contributed by atoms with Crippen LogP contribution >= 0.6 is 15.9 Å². The van der Waals surface area contributed by atoms with Gasteiger partial charge in [0, 0.05) is 22.9 Å². The number of nitrogens with one attached hydrogen (secondary N) is 1. The van der Waals surface area contributed by atoms with Crippen LogP contribution in [0.2, 0.25) is 0 Å². The highest BCUT2D eigenvalue weighted by molar-refractivity contribution is 9.10. The van der Waals surface area contributed by atoms with E-state index >= 15 is 0 Å². The average molecular weight is 336 g/mol. The van der Waals surface area contributed by atoms with Crippen molar-refractivity contribution in [3.05, 3.63) is 58.3 Å². The second-order valence-corrected chi connectivity index (χ2v) is 5.44. The molecule has 0 radical (unpaired) electrons. The summed E-state index contributed by atoms with van der Waals surface area (Å²) in [5, 5.41) is 0. The Balaban J connectivity index is 2.10. The van der Waals surface area contributed by atoms with Gasteiger partial charge in [-0.2, -0.15) is 0 Å². The minimum atomic E-state index is 0.141. The van der Waals surface area contributed by atoms with Crippen molar-refractivity contribution < 1.29 is 4.74 Å². The molecule has 0 aliphatic carbocycles. The Labute approximate surface area is 127 Å². The second-order valence-electron chi connectivity index (χ2n) is 4.59. The lowest BCUT2D eigenvalue weighted by atomic mass is 10.0. The number of hydrogen-bond acceptors (Lipinski definition) is 4. The van der Waals surface area contributed by atoms with Gasteiger partial charge >= 0.3 is 0 Å². The van der Waals surface area contributed by atoms with Crippen molar-refractivity contribution in [3.8, 4) is 5.75 Å². The molecule has 0 aliphatic rings. The standard InChI is InChI=1S/C15H18BrN3O/c1-20-14-4-5-15(16)12(9-14)8-13(19-17)7-11-3-2-6-18-10-11/h2-6,9-10,13,19H,7-8,17H2,1H3. The van der Waals surface area contributed by atoms with Crippen molar-refractivity contribution >= 4 is 15.9 Å². The quantitative estimate of drug-likeness (QED) is 0.628. The lowest BCUT2D eigenvalue weighted by molar-refractivity contribution is 0.413. The fourth-order valence-corrected chi connectivity index (χ4v) is 2.50. The van der Waals surface area contributed by atoms with Gasteiger partial charge in [0.1, 0.15) is 5.75 Å². The van der Waals surface area contributed by atoms with E-state index in [0.717, 1.165) is 34.2 Å². The summed E-state index contributed by atoms with van der Waals surface area (Å²) < 4.78 is 6.32. The molecule has 0 saturated carbocycles. The number of hydrazine groups is 1. The number of benzene rings is 1. The molecule has 20 heavy (non-hydrogen) atoms. The van der Waals surface area contributed by atoms with E-state index in [9.17, 15) is 0 Å². The van der Waals surface area contributed by atoms with E-state index in [0.29, 0.717) is 0 Å². The van der Waals surface area contributed by atoms with Crippen LogP contribution in [0.3, 0.4) is 0 Å². The van der Waals surface area contributed by atoms with Crippen molar-refractivity contribution in [2.24, 2.45) is 5.84 Å². The zero-order chi connectivity index (χ0) is 14.4. The summed E-state index contributed by atoms with van der Waals surface area (Å²) in [5.41, 5.74) is 5.20. The van der Waals surface area contributed by atoms with Gasteiger partial charge in [-0.05, 0) is 48.2 Å². The maximum absolute atomic E-state index is 5.67. The summed E-state index contributed by atoms with van der Waals surface area (Å²) in [4.78, 5) is 4.13. The van der Waals surface area contributed by atoms with Gasteiger partial charge in [0.15, 0.2) is 0 Å². The maximum Gasteiger partial charge on any atom is 0.119 e. The number of nitrogens with two attached hydrogens (primary N) is 1. The van der Waals surface area contributed by atoms with Crippen molar-refractivity contribution in [3.63, 3.8) is 0 Å². The summed E-state index contributed by atoms with van der Waals surface area (Å²) >= 11 is 3.57. The van der Waals surface area contributed by atoms with E-state index in [-0.39, 0.29) is 6.04 Å². The molecule has 106 valence electrons. The number of methoxy groups -OCH3 is 1. The van der Waals surface area contributed by atoms with Crippen LogP contribution < -0.4 is 16.0 Å². The first-order valence-corrected chi connectivity index (χ1v) is 7.19. The highest BCUT2D eigenvalue weighted by atomic mass is 79.9. The lowest BCUT2D eigenvalue weighted by Crippen LogP contribution is -2.38. The summed E-state index contributed by atoms with van der Waals surface area (Å²) in [7, 11) is 1.67. The zero-order valence-electron chi connectivity index (χ0n) is 11.3. The van der Waals surface area contributed by atoms with E-state index in [2.05, 4.69) is 32.4 Å². The van der Waals surface area contributed by atoms with E-state index in [1.807, 2.05) is 30.5 Å². The van der Waals surface area contributed by atoms with Crippen molar-refractivity contribution in [1.82, 2.24) is 10.4 Å². The summed E-state index contributed by atoms with van der Waals surface area (Å²) in [6.45, 7) is 0. The Morgan fingerprint density at radius 2 is 2.20 bits per heavy atom. The molecule has 0 bridgehead atoms. The van der Waals surface area contributed by atoms with Crippen LogP contribution in [-0.2, 0) is 12.8 Å². The predicted molar refractivity (Wildman–Crippen MR) is 83.5 cm³/mol. The van der Waals surface area contributed by atoms with E-state index in [4.69, 9.17) is 10.6 Å². The van der Waals surface area contributed by atoms with Crippen molar-refractivity contribution in [2.45, 2.75) is 18.9 Å². The third kappa shape index (κ3) is 4.03. The smallest absolute Gasteiger partial charge is 0.119 e. The minimum absolute atomic E-state index is 0.141. The van der Waals surface area contributed by atoms with Crippen LogP contribution in [0.1, 0.15) is 11.1 Å². The van der Waals surface area contributed by atoms with Crippen LogP contribution in [0.5, 0.6) is 5.75 Å². The third-order valence-electron chi connectivity index (χ3n) is 3.16. The molecule has 5 heteroatoms. The van der Waals surface area contributed by atoms with Crippen LogP contribution in [0, 0.1) is 0 Å². The van der Waals surface area contributed by atoms with Crippen molar-refractivity contribution in [2.75, 3.05) is 7.11 Å². The van der Waals surface area contributed by atoms with Gasteiger partial charge in [-0.1, -0.05) is 22.0 Å². The zero-order valence-corrected chi connectivity index (χ0v) is 12.9. The average Bonchev–Trinajstić information content (AvgIpc) is 2.49. The molecular weight excluding hydrogens is 318 g/mol. The number of nitrogens with zero attached hydrogens (tertiary/aromatic N) is 1. The minimum Gasteiger partial charge on any atom is -0.497 e. The van der Waals surface area contributed by atoms with Gasteiger partial charge < -0.3 is 4.74 Å². The Hall–Kier alpha value is -1.43. The Kier molecular flexibility index (Phi) is 5.52. The first-order valence-electron chi connectivity index (χ1n) is 6.40. The molecule has 1 aromatic carbocycles. The molecule has 1 aromatic heterocycles. The number of ether oxygens (including phenoxy) is 1. The molecule has 4 nitrogen and oxygen atoms in total. The fraction of sp³-hybridized carbons (Fsp3) is 0.267. The van der Waals surface area contributed by atoms with E-state index in [1.54, 1.807) is 13.3 Å². The first-order chi connectivity index (χ1) is 9.72. The molecule has 2 aromatic rings. The van der Waals surface area contributed by atoms with Gasteiger partial charge in [0.25, 0.3) is 0 Å². The molecule has 0 amide bonds. The highest BCUT2D eigenvalue weighted by Crippen LogP contribution is 2.24. The molecule has 1 heterocycles. The molecule has 1 atom stereocenters. The van der Waals surface area contributed by atoms with Crippen LogP contribution in [-0.4, -0.2) is 18.1 Å². The summed E-state index contributed by atoms with van der Waals surface area (Å²) in [6, 6.07) is 10.1. The second kappa shape index (κ2) is 7.38. The number of hydrogen-bond donors (Lipinski definition) is 2. The fourth-order valence-electron chi connectivity index (χ4n) is 2.09. The Bertz CT molecular complexity index is 548. The molecule has 0 spiro atoms. The van der Waals surface area contributed by atoms with Crippen LogP contribution in [0.15, 0.2) is 47.2 Å². The topological polar surface area (TPSA) is 60.2 Å². The molecule has 3 N–H and O–H groups in total. The monoisotopic (exact) mass is 335 g/mol. The van der Waals surface area contributed by atoms with Gasteiger partial charge in [-0.3, -0.25) is 16.3 Å². The number of rotatable bonds is 6. The first kappa shape index (κ1) is 15.0. The lowest BCUT2D eigenvalue weighted by Gasteiger charge is -2.17. The molecule has 2 rings (SSSR count). The third-order valence-corrected chi connectivity index (χ3v) is 3.93. The SMILES string of the molecule is COc1ccc(Br)c(CC(Cc2cccnc2)NN)c1. The van der Waals surface area contributed by atoms with Crippen molar-refractivity contribution in [1.29, 1.82) is 0 Å².